The minimum Gasteiger partial charge on any atom is -0.480 e. The standard InChI is InChI=1S/C22H30N4O3/c1-5-25(14-19(27)28)17-11-15(12-17)23-21(29)18-13-26(16-9-7-6-8-10-16)24-20(18)22(2,3)4/h6-10,13,15,17H,5,11-12,14H2,1-4H3,(H,23,29)(H,27,28). The molecule has 0 radical (unpaired) electrons. The summed E-state index contributed by atoms with van der Waals surface area (Å²) in [5, 5.41) is 16.8. The van der Waals surface area contributed by atoms with Gasteiger partial charge >= 0.3 is 5.97 Å². The van der Waals surface area contributed by atoms with E-state index in [9.17, 15) is 9.59 Å². The van der Waals surface area contributed by atoms with Crippen molar-refractivity contribution in [3.8, 4) is 5.69 Å². The van der Waals surface area contributed by atoms with Gasteiger partial charge in [0.05, 0.1) is 23.5 Å². The lowest BCUT2D eigenvalue weighted by Gasteiger charge is -2.42. The van der Waals surface area contributed by atoms with E-state index in [1.807, 2.05) is 62.9 Å². The molecule has 29 heavy (non-hydrogen) atoms. The first kappa shape index (κ1) is 21.0. The van der Waals surface area contributed by atoms with Crippen LogP contribution >= 0.6 is 0 Å². The lowest BCUT2D eigenvalue weighted by molar-refractivity contribution is -0.139. The summed E-state index contributed by atoms with van der Waals surface area (Å²) in [7, 11) is 0. The van der Waals surface area contributed by atoms with Crippen LogP contribution in [0.5, 0.6) is 0 Å². The van der Waals surface area contributed by atoms with E-state index in [-0.39, 0.29) is 30.0 Å². The van der Waals surface area contributed by atoms with Crippen molar-refractivity contribution < 1.29 is 14.7 Å². The first-order valence-corrected chi connectivity index (χ1v) is 10.1. The van der Waals surface area contributed by atoms with Crippen molar-refractivity contribution >= 4 is 11.9 Å². The molecule has 1 heterocycles. The number of carbonyl (C=O) groups is 2. The summed E-state index contributed by atoms with van der Waals surface area (Å²) >= 11 is 0. The Morgan fingerprint density at radius 2 is 1.90 bits per heavy atom. The van der Waals surface area contributed by atoms with Crippen molar-refractivity contribution in [1.29, 1.82) is 0 Å². The SMILES string of the molecule is CCN(CC(=O)O)C1CC(NC(=O)c2cn(-c3ccccc3)nc2C(C)(C)C)C1. The Kier molecular flexibility index (Phi) is 6.07. The molecular formula is C22H30N4O3. The van der Waals surface area contributed by atoms with Crippen LogP contribution in [0.2, 0.25) is 0 Å². The zero-order valence-corrected chi connectivity index (χ0v) is 17.6. The first-order valence-electron chi connectivity index (χ1n) is 10.1. The van der Waals surface area contributed by atoms with Gasteiger partial charge < -0.3 is 10.4 Å². The van der Waals surface area contributed by atoms with Gasteiger partial charge in [-0.3, -0.25) is 14.5 Å². The quantitative estimate of drug-likeness (QED) is 0.749. The number of likely N-dealkylation sites (N-methyl/N-ethyl adjacent to an activating group) is 1. The van der Waals surface area contributed by atoms with Crippen LogP contribution in [-0.4, -0.2) is 56.8 Å². The summed E-state index contributed by atoms with van der Waals surface area (Å²) in [5.74, 6) is -0.940. The third kappa shape index (κ3) is 4.85. The van der Waals surface area contributed by atoms with Gasteiger partial charge in [0.2, 0.25) is 0 Å². The number of carboxylic acids is 1. The molecule has 156 valence electrons. The predicted molar refractivity (Wildman–Crippen MR) is 111 cm³/mol. The van der Waals surface area contributed by atoms with Gasteiger partial charge in [0.15, 0.2) is 0 Å². The van der Waals surface area contributed by atoms with Crippen LogP contribution in [0.15, 0.2) is 36.5 Å². The molecule has 0 spiro atoms. The van der Waals surface area contributed by atoms with Gasteiger partial charge in [-0.15, -0.1) is 0 Å². The van der Waals surface area contributed by atoms with Gasteiger partial charge in [0.25, 0.3) is 5.91 Å². The molecule has 0 aliphatic heterocycles. The van der Waals surface area contributed by atoms with E-state index in [1.54, 1.807) is 10.9 Å². The number of para-hydroxylation sites is 1. The Bertz CT molecular complexity index is 864. The maximum Gasteiger partial charge on any atom is 0.317 e. The second kappa shape index (κ2) is 8.37. The van der Waals surface area contributed by atoms with E-state index in [2.05, 4.69) is 5.32 Å². The van der Waals surface area contributed by atoms with E-state index in [0.29, 0.717) is 12.1 Å². The second-order valence-electron chi connectivity index (χ2n) is 8.67. The molecule has 1 aliphatic carbocycles. The van der Waals surface area contributed by atoms with Crippen molar-refractivity contribution in [3.63, 3.8) is 0 Å². The molecule has 1 aliphatic rings. The van der Waals surface area contributed by atoms with Gasteiger partial charge in [-0.2, -0.15) is 5.10 Å². The number of nitrogens with zero attached hydrogens (tertiary/aromatic N) is 3. The molecule has 2 N–H and O–H groups in total. The number of hydrogen-bond donors (Lipinski definition) is 2. The number of rotatable bonds is 7. The molecule has 7 nitrogen and oxygen atoms in total. The van der Waals surface area contributed by atoms with Gasteiger partial charge in [-0.05, 0) is 31.5 Å². The second-order valence-corrected chi connectivity index (χ2v) is 8.67. The minimum absolute atomic E-state index is 0.0415. The van der Waals surface area contributed by atoms with E-state index in [0.717, 1.165) is 24.2 Å². The third-order valence-corrected chi connectivity index (χ3v) is 5.40. The van der Waals surface area contributed by atoms with Crippen molar-refractivity contribution in [1.82, 2.24) is 20.0 Å². The summed E-state index contributed by atoms with van der Waals surface area (Å²) in [6, 6.07) is 10.0. The van der Waals surface area contributed by atoms with Crippen molar-refractivity contribution in [2.45, 2.75) is 58.0 Å². The molecular weight excluding hydrogens is 368 g/mol. The van der Waals surface area contributed by atoms with Crippen LogP contribution in [0.1, 0.15) is 56.6 Å². The molecule has 7 heteroatoms. The van der Waals surface area contributed by atoms with Crippen LogP contribution < -0.4 is 5.32 Å². The lowest BCUT2D eigenvalue weighted by atomic mass is 9.84. The highest BCUT2D eigenvalue weighted by Gasteiger charge is 2.36. The topological polar surface area (TPSA) is 87.5 Å². The smallest absolute Gasteiger partial charge is 0.317 e. The van der Waals surface area contributed by atoms with Crippen LogP contribution in [-0.2, 0) is 10.2 Å². The summed E-state index contributed by atoms with van der Waals surface area (Å²) < 4.78 is 1.75. The maximum absolute atomic E-state index is 13.0. The Labute approximate surface area is 171 Å². The molecule has 3 rings (SSSR count). The van der Waals surface area contributed by atoms with Gasteiger partial charge in [-0.25, -0.2) is 4.68 Å². The maximum atomic E-state index is 13.0. The summed E-state index contributed by atoms with van der Waals surface area (Å²) in [6.45, 7) is 8.83. The molecule has 1 fully saturated rings. The lowest BCUT2D eigenvalue weighted by Crippen LogP contribution is -2.54. The number of carbonyl (C=O) groups excluding carboxylic acids is 1. The average Bonchev–Trinajstić information content (AvgIpc) is 3.09. The molecule has 1 aromatic carbocycles. The fourth-order valence-electron chi connectivity index (χ4n) is 3.75. The van der Waals surface area contributed by atoms with Crippen molar-refractivity contribution in [2.75, 3.05) is 13.1 Å². The molecule has 1 amide bonds. The third-order valence-electron chi connectivity index (χ3n) is 5.40. The zero-order valence-electron chi connectivity index (χ0n) is 17.6. The number of benzene rings is 1. The monoisotopic (exact) mass is 398 g/mol. The molecule has 0 atom stereocenters. The first-order chi connectivity index (χ1) is 13.7. The average molecular weight is 399 g/mol. The Morgan fingerprint density at radius 1 is 1.24 bits per heavy atom. The van der Waals surface area contributed by atoms with E-state index in [1.165, 1.54) is 0 Å². The highest BCUT2D eigenvalue weighted by Crippen LogP contribution is 2.28. The highest BCUT2D eigenvalue weighted by molar-refractivity contribution is 5.95. The minimum atomic E-state index is -0.817. The predicted octanol–water partition coefficient (Wildman–Crippen LogP) is 2.84. The van der Waals surface area contributed by atoms with Crippen molar-refractivity contribution in [2.24, 2.45) is 0 Å². The zero-order chi connectivity index (χ0) is 21.2. The fourth-order valence-corrected chi connectivity index (χ4v) is 3.75. The van der Waals surface area contributed by atoms with Crippen molar-refractivity contribution in [3.05, 3.63) is 47.8 Å². The molecule has 0 unspecified atom stereocenters. The fraction of sp³-hybridized carbons (Fsp3) is 0.500. The highest BCUT2D eigenvalue weighted by atomic mass is 16.4. The van der Waals surface area contributed by atoms with Gasteiger partial charge in [-0.1, -0.05) is 45.9 Å². The Hall–Kier alpha value is -2.67. The summed E-state index contributed by atoms with van der Waals surface area (Å²) in [4.78, 5) is 25.9. The molecule has 0 bridgehead atoms. The number of nitrogens with one attached hydrogen (secondary N) is 1. The molecule has 2 aromatic rings. The molecule has 1 aromatic heterocycles. The van der Waals surface area contributed by atoms with Crippen LogP contribution in [0.25, 0.3) is 5.69 Å². The number of carboxylic acid groups (broad SMARTS) is 1. The largest absolute Gasteiger partial charge is 0.480 e. The van der Waals surface area contributed by atoms with Gasteiger partial charge in [0, 0.05) is 23.7 Å². The number of aromatic nitrogens is 2. The number of hydrogen-bond acceptors (Lipinski definition) is 4. The molecule has 0 saturated heterocycles. The van der Waals surface area contributed by atoms with E-state index >= 15 is 0 Å². The van der Waals surface area contributed by atoms with Crippen LogP contribution in [0.4, 0.5) is 0 Å². The Morgan fingerprint density at radius 3 is 2.45 bits per heavy atom. The van der Waals surface area contributed by atoms with Crippen LogP contribution in [0.3, 0.4) is 0 Å². The van der Waals surface area contributed by atoms with Gasteiger partial charge in [0.1, 0.15) is 0 Å². The summed E-state index contributed by atoms with van der Waals surface area (Å²) in [5.41, 5.74) is 1.99. The Balaban J connectivity index is 1.71. The number of aliphatic carboxylic acids is 1. The normalized spacial score (nSPS) is 19.1. The van der Waals surface area contributed by atoms with E-state index < -0.39 is 5.97 Å². The molecule has 1 saturated carbocycles. The van der Waals surface area contributed by atoms with E-state index in [4.69, 9.17) is 10.2 Å². The van der Waals surface area contributed by atoms with Crippen LogP contribution in [0, 0.1) is 0 Å². The summed E-state index contributed by atoms with van der Waals surface area (Å²) in [6.07, 6.45) is 3.33. The number of amides is 1.